The number of esters is 1. The molecular weight excluding hydrogens is 532 g/mol. The van der Waals surface area contributed by atoms with E-state index in [0.29, 0.717) is 53.6 Å². The Bertz CT molecular complexity index is 1470. The highest BCUT2D eigenvalue weighted by Crippen LogP contribution is 2.45. The molecule has 0 fully saturated rings. The third kappa shape index (κ3) is 7.35. The zero-order valence-corrected chi connectivity index (χ0v) is 24.8. The lowest BCUT2D eigenvalue weighted by molar-refractivity contribution is -0.136. The number of nitriles is 1. The molecule has 8 nitrogen and oxygen atoms in total. The summed E-state index contributed by atoms with van der Waals surface area (Å²) in [6, 6.07) is 20.5. The van der Waals surface area contributed by atoms with Gasteiger partial charge in [-0.05, 0) is 66.6 Å². The average molecular weight is 571 g/mol. The van der Waals surface area contributed by atoms with E-state index in [2.05, 4.69) is 33.8 Å². The monoisotopic (exact) mass is 570 g/mol. The lowest BCUT2D eigenvalue weighted by atomic mass is 9.83. The number of benzene rings is 3. The van der Waals surface area contributed by atoms with Gasteiger partial charge in [0.25, 0.3) is 0 Å². The van der Waals surface area contributed by atoms with Crippen molar-refractivity contribution in [3.8, 4) is 34.8 Å². The van der Waals surface area contributed by atoms with Crippen molar-refractivity contribution in [1.29, 1.82) is 5.26 Å². The van der Waals surface area contributed by atoms with Crippen LogP contribution in [0.4, 0.5) is 0 Å². The van der Waals surface area contributed by atoms with E-state index in [1.807, 2.05) is 49.4 Å². The number of carbonyl (C=O) groups excluding carboxylic acids is 1. The van der Waals surface area contributed by atoms with Gasteiger partial charge in [-0.3, -0.25) is 0 Å². The van der Waals surface area contributed by atoms with Gasteiger partial charge in [0.2, 0.25) is 5.88 Å². The van der Waals surface area contributed by atoms with E-state index >= 15 is 0 Å². The number of nitrogens with zero attached hydrogens (tertiary/aromatic N) is 1. The number of hydrogen-bond acceptors (Lipinski definition) is 8. The minimum absolute atomic E-state index is 0.0122. The molecular formula is C34H38N2O6. The summed E-state index contributed by atoms with van der Waals surface area (Å²) in [4.78, 5) is 12.5. The molecule has 2 N–H and O–H groups in total. The van der Waals surface area contributed by atoms with Crippen LogP contribution in [-0.2, 0) is 4.79 Å². The van der Waals surface area contributed by atoms with E-state index in [4.69, 9.17) is 29.4 Å². The largest absolute Gasteiger partial charge is 0.490 e. The van der Waals surface area contributed by atoms with Crippen LogP contribution < -0.4 is 29.4 Å². The summed E-state index contributed by atoms with van der Waals surface area (Å²) in [6.07, 6.45) is 0.920. The summed E-state index contributed by atoms with van der Waals surface area (Å²) in [6.45, 7) is 11.2. The first kappa shape index (κ1) is 30.3. The molecule has 1 heterocycles. The van der Waals surface area contributed by atoms with E-state index < -0.39 is 11.9 Å². The highest BCUT2D eigenvalue weighted by atomic mass is 16.6. The van der Waals surface area contributed by atoms with Crippen molar-refractivity contribution in [3.63, 3.8) is 0 Å². The molecule has 0 radical (unpaired) electrons. The standard InChI is InChI=1S/C34H38N2O6/c1-6-38-31-17-24(9-14-29(31)39-16-15-21(2)3)33-27-13-12-26(18-30(27)42-34(36)28(33)19-35)41-32(37)20-40-25-10-7-23(8-11-25)22(4)5/h7-14,17-18,21-22,33H,6,15-16,20,36H2,1-5H3. The van der Waals surface area contributed by atoms with Crippen LogP contribution >= 0.6 is 0 Å². The second kappa shape index (κ2) is 13.8. The van der Waals surface area contributed by atoms with Gasteiger partial charge in [0.1, 0.15) is 28.9 Å². The summed E-state index contributed by atoms with van der Waals surface area (Å²) in [5.41, 5.74) is 9.16. The van der Waals surface area contributed by atoms with Crippen LogP contribution in [0.25, 0.3) is 0 Å². The lowest BCUT2D eigenvalue weighted by Crippen LogP contribution is -2.22. The highest BCUT2D eigenvalue weighted by molar-refractivity contribution is 5.74. The van der Waals surface area contributed by atoms with E-state index in [1.54, 1.807) is 18.2 Å². The summed E-state index contributed by atoms with van der Waals surface area (Å²) in [5, 5.41) is 9.98. The average Bonchev–Trinajstić information content (AvgIpc) is 2.96. The molecule has 8 heteroatoms. The quantitative estimate of drug-likeness (QED) is 0.186. The number of ether oxygens (including phenoxy) is 5. The molecule has 4 rings (SSSR count). The smallest absolute Gasteiger partial charge is 0.349 e. The Morgan fingerprint density at radius 3 is 2.36 bits per heavy atom. The Morgan fingerprint density at radius 2 is 1.69 bits per heavy atom. The topological polar surface area (TPSA) is 113 Å². The van der Waals surface area contributed by atoms with Crippen molar-refractivity contribution in [2.45, 2.75) is 52.9 Å². The fourth-order valence-corrected chi connectivity index (χ4v) is 4.59. The number of rotatable bonds is 12. The van der Waals surface area contributed by atoms with Crippen molar-refractivity contribution in [3.05, 3.63) is 88.8 Å². The van der Waals surface area contributed by atoms with Crippen LogP contribution in [0.3, 0.4) is 0 Å². The van der Waals surface area contributed by atoms with Crippen molar-refractivity contribution in [1.82, 2.24) is 0 Å². The fourth-order valence-electron chi connectivity index (χ4n) is 4.59. The summed E-state index contributed by atoms with van der Waals surface area (Å²) >= 11 is 0. The molecule has 0 amide bonds. The molecule has 0 bridgehead atoms. The van der Waals surface area contributed by atoms with Gasteiger partial charge in [-0.25, -0.2) is 4.79 Å². The molecule has 1 atom stereocenters. The molecule has 0 aliphatic carbocycles. The van der Waals surface area contributed by atoms with Crippen LogP contribution in [-0.4, -0.2) is 25.8 Å². The minimum Gasteiger partial charge on any atom is -0.490 e. The van der Waals surface area contributed by atoms with Crippen molar-refractivity contribution in [2.24, 2.45) is 11.7 Å². The van der Waals surface area contributed by atoms with E-state index in [9.17, 15) is 10.1 Å². The number of nitrogens with two attached hydrogens (primary N) is 1. The van der Waals surface area contributed by atoms with Crippen LogP contribution in [0.15, 0.2) is 72.1 Å². The molecule has 0 aromatic heterocycles. The Kier molecular flexibility index (Phi) is 9.98. The van der Waals surface area contributed by atoms with Gasteiger partial charge in [-0.1, -0.05) is 52.0 Å². The highest BCUT2D eigenvalue weighted by Gasteiger charge is 2.32. The van der Waals surface area contributed by atoms with Gasteiger partial charge < -0.3 is 29.4 Å². The third-order valence-electron chi connectivity index (χ3n) is 6.88. The molecule has 220 valence electrons. The minimum atomic E-state index is -0.564. The van der Waals surface area contributed by atoms with Gasteiger partial charge >= 0.3 is 5.97 Å². The van der Waals surface area contributed by atoms with Gasteiger partial charge in [0, 0.05) is 11.6 Å². The van der Waals surface area contributed by atoms with E-state index in [0.717, 1.165) is 12.0 Å². The molecule has 0 spiro atoms. The Morgan fingerprint density at radius 1 is 0.952 bits per heavy atom. The van der Waals surface area contributed by atoms with Gasteiger partial charge in [-0.15, -0.1) is 0 Å². The third-order valence-corrected chi connectivity index (χ3v) is 6.88. The predicted octanol–water partition coefficient (Wildman–Crippen LogP) is 6.84. The Labute approximate surface area is 247 Å². The van der Waals surface area contributed by atoms with Crippen LogP contribution in [0.1, 0.15) is 69.6 Å². The second-order valence-corrected chi connectivity index (χ2v) is 10.8. The number of hydrogen-bond donors (Lipinski definition) is 1. The summed E-state index contributed by atoms with van der Waals surface area (Å²) < 4.78 is 28.8. The predicted molar refractivity (Wildman–Crippen MR) is 160 cm³/mol. The molecule has 1 aliphatic heterocycles. The molecule has 0 saturated carbocycles. The maximum absolute atomic E-state index is 12.5. The first-order chi connectivity index (χ1) is 20.2. The van der Waals surface area contributed by atoms with Gasteiger partial charge in [0.05, 0.1) is 19.1 Å². The van der Waals surface area contributed by atoms with Gasteiger partial charge in [0.15, 0.2) is 18.1 Å². The molecule has 1 aliphatic rings. The van der Waals surface area contributed by atoms with Crippen molar-refractivity contribution < 1.29 is 28.5 Å². The van der Waals surface area contributed by atoms with Gasteiger partial charge in [-0.2, -0.15) is 5.26 Å². The maximum atomic E-state index is 12.5. The van der Waals surface area contributed by atoms with Crippen LogP contribution in [0.5, 0.6) is 28.7 Å². The SMILES string of the molecule is CCOc1cc(C2C(C#N)=C(N)Oc3cc(OC(=O)COc4ccc(C(C)C)cc4)ccc32)ccc1OCCC(C)C. The van der Waals surface area contributed by atoms with Crippen molar-refractivity contribution in [2.75, 3.05) is 19.8 Å². The first-order valence-electron chi connectivity index (χ1n) is 14.2. The Balaban J connectivity index is 1.53. The molecule has 1 unspecified atom stereocenters. The van der Waals surface area contributed by atoms with E-state index in [-0.39, 0.29) is 23.8 Å². The molecule has 3 aromatic carbocycles. The number of allylic oxidation sites excluding steroid dienone is 1. The number of carbonyl (C=O) groups is 1. The number of fused-ring (bicyclic) bond motifs is 1. The van der Waals surface area contributed by atoms with Crippen LogP contribution in [0, 0.1) is 17.2 Å². The first-order valence-corrected chi connectivity index (χ1v) is 14.2. The summed E-state index contributed by atoms with van der Waals surface area (Å²) in [5.74, 6) is 2.31. The maximum Gasteiger partial charge on any atom is 0.349 e. The molecule has 0 saturated heterocycles. The fraction of sp³-hybridized carbons (Fsp3) is 0.353. The van der Waals surface area contributed by atoms with Crippen molar-refractivity contribution >= 4 is 5.97 Å². The zero-order valence-electron chi connectivity index (χ0n) is 24.8. The normalized spacial score (nSPS) is 14.2. The molecule has 3 aromatic rings. The van der Waals surface area contributed by atoms with Crippen LogP contribution in [0.2, 0.25) is 0 Å². The van der Waals surface area contributed by atoms with E-state index in [1.165, 1.54) is 5.56 Å². The molecule has 42 heavy (non-hydrogen) atoms. The zero-order chi connectivity index (χ0) is 30.2. The Hall–Kier alpha value is -4.64. The second-order valence-electron chi connectivity index (χ2n) is 10.8. The summed E-state index contributed by atoms with van der Waals surface area (Å²) in [7, 11) is 0. The lowest BCUT2D eigenvalue weighted by Gasteiger charge is -2.27.